The molecule has 0 aromatic heterocycles. The quantitative estimate of drug-likeness (QED) is 0.614. The van der Waals surface area contributed by atoms with E-state index in [2.05, 4.69) is 39.6 Å². The lowest BCUT2D eigenvalue weighted by Gasteiger charge is -2.51. The van der Waals surface area contributed by atoms with Crippen LogP contribution in [0, 0.1) is 10.8 Å². The highest BCUT2D eigenvalue weighted by molar-refractivity contribution is 4.94. The summed E-state index contributed by atoms with van der Waals surface area (Å²) in [5, 5.41) is 0. The molecule has 1 nitrogen and oxygen atoms in total. The molecule has 1 fully saturated rings. The zero-order valence-corrected chi connectivity index (χ0v) is 9.28. The second-order valence-electron chi connectivity index (χ2n) is 5.76. The molecule has 1 aliphatic heterocycles. The van der Waals surface area contributed by atoms with Crippen molar-refractivity contribution in [1.29, 1.82) is 0 Å². The van der Waals surface area contributed by atoms with Gasteiger partial charge in [0.25, 0.3) is 0 Å². The van der Waals surface area contributed by atoms with E-state index in [1.807, 2.05) is 0 Å². The van der Waals surface area contributed by atoms with Crippen LogP contribution in [0.1, 0.15) is 40.5 Å². The molecule has 0 atom stereocenters. The molecule has 0 radical (unpaired) electrons. The Morgan fingerprint density at radius 2 is 1.75 bits per heavy atom. The summed E-state index contributed by atoms with van der Waals surface area (Å²) in [4.78, 5) is 2.43. The maximum atomic E-state index is 2.43. The zero-order valence-electron chi connectivity index (χ0n) is 9.28. The molecule has 1 aliphatic rings. The van der Waals surface area contributed by atoms with Crippen LogP contribution in [0.2, 0.25) is 0 Å². The van der Waals surface area contributed by atoms with Crippen LogP contribution in [0.15, 0.2) is 0 Å². The van der Waals surface area contributed by atoms with Crippen LogP contribution in [0.3, 0.4) is 0 Å². The monoisotopic (exact) mass is 169 g/mol. The summed E-state index contributed by atoms with van der Waals surface area (Å²) in [6.45, 7) is 12.0. The van der Waals surface area contributed by atoms with Gasteiger partial charge in [-0.2, -0.15) is 0 Å². The second-order valence-corrected chi connectivity index (χ2v) is 5.76. The van der Waals surface area contributed by atoms with Gasteiger partial charge in [-0.15, -0.1) is 0 Å². The third-order valence-corrected chi connectivity index (χ3v) is 2.87. The van der Waals surface area contributed by atoms with Gasteiger partial charge in [0, 0.05) is 13.1 Å². The lowest BCUT2D eigenvalue weighted by Crippen LogP contribution is -2.55. The topological polar surface area (TPSA) is 3.24 Å². The molecular formula is C11H23N. The molecule has 1 saturated heterocycles. The maximum absolute atomic E-state index is 2.43. The van der Waals surface area contributed by atoms with Gasteiger partial charge >= 0.3 is 0 Å². The summed E-state index contributed by atoms with van der Waals surface area (Å²) in [6, 6.07) is 0. The lowest BCUT2D eigenvalue weighted by atomic mass is 9.67. The van der Waals surface area contributed by atoms with Gasteiger partial charge in [-0.25, -0.2) is 0 Å². The minimum atomic E-state index is 0.497. The molecular weight excluding hydrogens is 146 g/mol. The first-order valence-corrected chi connectivity index (χ1v) is 5.05. The highest BCUT2D eigenvalue weighted by Crippen LogP contribution is 2.42. The fourth-order valence-electron chi connectivity index (χ4n) is 2.68. The van der Waals surface area contributed by atoms with Gasteiger partial charge in [-0.1, -0.05) is 27.7 Å². The third-order valence-electron chi connectivity index (χ3n) is 2.87. The first-order valence-electron chi connectivity index (χ1n) is 5.05. The number of nitrogens with zero attached hydrogens (tertiary/aromatic N) is 1. The third kappa shape index (κ3) is 2.22. The van der Waals surface area contributed by atoms with E-state index in [9.17, 15) is 0 Å². The Hall–Kier alpha value is -0.0400. The van der Waals surface area contributed by atoms with E-state index in [0.717, 1.165) is 0 Å². The normalized spacial score (nSPS) is 23.8. The molecule has 0 saturated carbocycles. The van der Waals surface area contributed by atoms with Gasteiger partial charge in [-0.05, 0) is 30.7 Å². The molecule has 0 N–H and O–H groups in total. The Kier molecular flexibility index (Phi) is 2.53. The Bertz CT molecular complexity index is 149. The minimum Gasteiger partial charge on any atom is -0.305 e. The molecule has 0 aromatic rings. The van der Waals surface area contributed by atoms with Gasteiger partial charge in [-0.3, -0.25) is 0 Å². The molecule has 0 spiro atoms. The van der Waals surface area contributed by atoms with Crippen molar-refractivity contribution in [3.63, 3.8) is 0 Å². The number of hydrogen-bond acceptors (Lipinski definition) is 1. The van der Waals surface area contributed by atoms with E-state index < -0.39 is 0 Å². The minimum absolute atomic E-state index is 0.497. The molecule has 0 aliphatic carbocycles. The smallest absolute Gasteiger partial charge is 0.00475 e. The van der Waals surface area contributed by atoms with E-state index in [4.69, 9.17) is 0 Å². The van der Waals surface area contributed by atoms with Crippen LogP contribution < -0.4 is 0 Å². The summed E-state index contributed by atoms with van der Waals surface area (Å²) in [7, 11) is 2.22. The number of likely N-dealkylation sites (tertiary alicyclic amines) is 1. The van der Waals surface area contributed by atoms with Crippen LogP contribution in [0.4, 0.5) is 0 Å². The van der Waals surface area contributed by atoms with Crippen LogP contribution in [0.5, 0.6) is 0 Å². The van der Waals surface area contributed by atoms with Crippen LogP contribution in [-0.4, -0.2) is 25.0 Å². The Labute approximate surface area is 77.1 Å². The van der Waals surface area contributed by atoms with Crippen molar-refractivity contribution in [2.75, 3.05) is 20.1 Å². The van der Waals surface area contributed by atoms with Crippen LogP contribution in [-0.2, 0) is 0 Å². The molecule has 1 rings (SSSR count). The second kappa shape index (κ2) is 3.02. The van der Waals surface area contributed by atoms with E-state index in [-0.39, 0.29) is 0 Å². The fraction of sp³-hybridized carbons (Fsp3) is 1.00. The zero-order chi connectivity index (χ0) is 9.41. The van der Waals surface area contributed by atoms with Crippen LogP contribution >= 0.6 is 0 Å². The van der Waals surface area contributed by atoms with Crippen molar-refractivity contribution in [3.05, 3.63) is 0 Å². The highest BCUT2D eigenvalue weighted by atomic mass is 15.2. The standard InChI is InChI=1S/C11H23N/c1-6-11(7-10(2,3)4)8-12(5)9-11/h6-9H2,1-5H3. The predicted octanol–water partition coefficient (Wildman–Crippen LogP) is 2.76. The van der Waals surface area contributed by atoms with Crippen molar-refractivity contribution in [2.24, 2.45) is 10.8 Å². The first kappa shape index (κ1) is 10.0. The molecule has 0 aromatic carbocycles. The Balaban J connectivity index is 2.48. The molecule has 12 heavy (non-hydrogen) atoms. The van der Waals surface area contributed by atoms with Crippen molar-refractivity contribution in [2.45, 2.75) is 40.5 Å². The average Bonchev–Trinajstić information content (AvgIpc) is 1.80. The molecule has 72 valence electrons. The Morgan fingerprint density at radius 3 is 2.00 bits per heavy atom. The Morgan fingerprint density at radius 1 is 1.25 bits per heavy atom. The summed E-state index contributed by atoms with van der Waals surface area (Å²) < 4.78 is 0. The van der Waals surface area contributed by atoms with E-state index in [1.165, 1.54) is 25.9 Å². The number of rotatable bonds is 2. The van der Waals surface area contributed by atoms with Gasteiger partial charge in [0.05, 0.1) is 0 Å². The van der Waals surface area contributed by atoms with Gasteiger partial charge in [0.1, 0.15) is 0 Å². The largest absolute Gasteiger partial charge is 0.305 e. The maximum Gasteiger partial charge on any atom is 0.00475 e. The van der Waals surface area contributed by atoms with Gasteiger partial charge < -0.3 is 4.90 Å². The SMILES string of the molecule is CCC1(CC(C)(C)C)CN(C)C1. The molecule has 0 bridgehead atoms. The van der Waals surface area contributed by atoms with Crippen LogP contribution in [0.25, 0.3) is 0 Å². The molecule has 1 heteroatoms. The van der Waals surface area contributed by atoms with Gasteiger partial charge in [0.2, 0.25) is 0 Å². The van der Waals surface area contributed by atoms with Crippen molar-refractivity contribution < 1.29 is 0 Å². The van der Waals surface area contributed by atoms with Gasteiger partial charge in [0.15, 0.2) is 0 Å². The summed E-state index contributed by atoms with van der Waals surface area (Å²) >= 11 is 0. The highest BCUT2D eigenvalue weighted by Gasteiger charge is 2.41. The van der Waals surface area contributed by atoms with E-state index in [1.54, 1.807) is 0 Å². The van der Waals surface area contributed by atoms with Crippen molar-refractivity contribution in [3.8, 4) is 0 Å². The van der Waals surface area contributed by atoms with Crippen molar-refractivity contribution >= 4 is 0 Å². The van der Waals surface area contributed by atoms with Crippen molar-refractivity contribution in [1.82, 2.24) is 4.90 Å². The summed E-state index contributed by atoms with van der Waals surface area (Å²) in [5.41, 5.74) is 1.14. The molecule has 1 heterocycles. The lowest BCUT2D eigenvalue weighted by molar-refractivity contribution is -0.0146. The predicted molar refractivity (Wildman–Crippen MR) is 54.3 cm³/mol. The van der Waals surface area contributed by atoms with E-state index in [0.29, 0.717) is 10.8 Å². The summed E-state index contributed by atoms with van der Waals surface area (Å²) in [5.74, 6) is 0. The first-order chi connectivity index (χ1) is 5.37. The molecule has 0 unspecified atom stereocenters. The fourth-order valence-corrected chi connectivity index (χ4v) is 2.68. The average molecular weight is 169 g/mol. The molecule has 0 amide bonds. The number of hydrogen-bond donors (Lipinski definition) is 0. The summed E-state index contributed by atoms with van der Waals surface area (Å²) in [6.07, 6.45) is 2.72. The van der Waals surface area contributed by atoms with E-state index >= 15 is 0 Å².